The zero-order chi connectivity index (χ0) is 12.7. The molecule has 1 N–H and O–H groups in total. The molecule has 2 aliphatic rings. The Balaban J connectivity index is 2.13. The summed E-state index contributed by atoms with van der Waals surface area (Å²) in [5.41, 5.74) is 1.60. The van der Waals surface area contributed by atoms with E-state index in [1.165, 1.54) is 0 Å². The van der Waals surface area contributed by atoms with E-state index < -0.39 is 0 Å². The van der Waals surface area contributed by atoms with Crippen molar-refractivity contribution in [1.29, 1.82) is 0 Å². The van der Waals surface area contributed by atoms with Crippen LogP contribution >= 0.6 is 39.1 Å². The number of fused-ring (bicyclic) bond motifs is 1. The van der Waals surface area contributed by atoms with Crippen LogP contribution in [0.2, 0.25) is 5.02 Å². The van der Waals surface area contributed by atoms with Crippen molar-refractivity contribution in [3.63, 3.8) is 0 Å². The number of aliphatic imine (C=N–C) groups is 1. The number of halogens is 3. The Morgan fingerprint density at radius 2 is 1.94 bits per heavy atom. The van der Waals surface area contributed by atoms with Gasteiger partial charge in [-0.25, -0.2) is 0 Å². The first-order valence-corrected chi connectivity index (χ1v) is 6.74. The summed E-state index contributed by atoms with van der Waals surface area (Å²) in [4.78, 5) is 4.55. The van der Waals surface area contributed by atoms with Gasteiger partial charge in [0, 0.05) is 16.7 Å². The van der Waals surface area contributed by atoms with Crippen molar-refractivity contribution < 1.29 is 5.01 Å². The number of hydrogen-bond acceptors (Lipinski definition) is 2. The van der Waals surface area contributed by atoms with E-state index in [9.17, 15) is 0 Å². The van der Waals surface area contributed by atoms with Gasteiger partial charge in [0.2, 0.25) is 5.16 Å². The van der Waals surface area contributed by atoms with E-state index in [0.717, 1.165) is 21.6 Å². The predicted molar refractivity (Wildman–Crippen MR) is 77.3 cm³/mol. The third kappa shape index (κ3) is 1.95. The van der Waals surface area contributed by atoms with Gasteiger partial charge in [0.15, 0.2) is 0 Å². The molecule has 3 rings (SSSR count). The third-order valence-electron chi connectivity index (χ3n) is 2.63. The highest BCUT2D eigenvalue weighted by atomic mass is 79.9. The normalized spacial score (nSPS) is 21.8. The van der Waals surface area contributed by atoms with Gasteiger partial charge in [0.05, 0.1) is 5.71 Å². The molecule has 18 heavy (non-hydrogen) atoms. The minimum absolute atomic E-state index is 0.570. The fraction of sp³-hybridized carbons (Fsp3) is 0. The van der Waals surface area contributed by atoms with Crippen LogP contribution in [0.25, 0.3) is 0 Å². The first kappa shape index (κ1) is 12.1. The smallest absolute Gasteiger partial charge is 0.192 e. The van der Waals surface area contributed by atoms with Gasteiger partial charge in [-0.05, 0) is 33.6 Å². The van der Waals surface area contributed by atoms with E-state index in [4.69, 9.17) is 23.2 Å². The highest BCUT2D eigenvalue weighted by Gasteiger charge is 2.32. The van der Waals surface area contributed by atoms with Crippen LogP contribution in [0.4, 0.5) is 0 Å². The van der Waals surface area contributed by atoms with Gasteiger partial charge in [0.25, 0.3) is 5.82 Å². The van der Waals surface area contributed by atoms with E-state index in [0.29, 0.717) is 15.2 Å². The molecule has 0 saturated carbocycles. The Labute approximate surface area is 122 Å². The van der Waals surface area contributed by atoms with Crippen LogP contribution in [0, 0.1) is 0 Å². The molecule has 1 unspecified atom stereocenters. The molecule has 0 fully saturated rings. The van der Waals surface area contributed by atoms with Crippen LogP contribution in [0.1, 0.15) is 5.56 Å². The van der Waals surface area contributed by atoms with Crippen LogP contribution in [-0.2, 0) is 0 Å². The molecule has 0 radical (unpaired) electrons. The zero-order valence-electron chi connectivity index (χ0n) is 8.99. The van der Waals surface area contributed by atoms with Gasteiger partial charge in [-0.3, -0.25) is 0 Å². The molecule has 2 aliphatic heterocycles. The Bertz CT molecular complexity index is 646. The molecule has 0 aromatic heterocycles. The molecule has 0 amide bonds. The Kier molecular flexibility index (Phi) is 3.11. The first-order chi connectivity index (χ1) is 8.66. The van der Waals surface area contributed by atoms with Crippen molar-refractivity contribution in [2.45, 2.75) is 0 Å². The third-order valence-corrected chi connectivity index (χ3v) is 3.83. The molecule has 1 aromatic rings. The maximum atomic E-state index is 6.21. The zero-order valence-corrected chi connectivity index (χ0v) is 12.1. The highest BCUT2D eigenvalue weighted by Crippen LogP contribution is 2.22. The summed E-state index contributed by atoms with van der Waals surface area (Å²) >= 11 is 15.8. The summed E-state index contributed by atoms with van der Waals surface area (Å²) in [5.74, 6) is 0.748. The average Bonchev–Trinajstić information content (AvgIpc) is 2.72. The summed E-state index contributed by atoms with van der Waals surface area (Å²) < 4.78 is 0.827. The molecule has 2 heterocycles. The van der Waals surface area contributed by atoms with Crippen LogP contribution in [-0.4, -0.2) is 11.9 Å². The molecule has 1 atom stereocenters. The average molecular weight is 344 g/mol. The molecule has 90 valence electrons. The number of benzene rings is 1. The van der Waals surface area contributed by atoms with E-state index in [2.05, 4.69) is 26.0 Å². The molecule has 0 aliphatic carbocycles. The number of hydrogen-bond donors (Lipinski definition) is 1. The molecule has 6 heteroatoms. The highest BCUT2D eigenvalue weighted by molar-refractivity contribution is 9.12. The second-order valence-electron chi connectivity index (χ2n) is 3.77. The summed E-state index contributed by atoms with van der Waals surface area (Å²) in [6, 6.07) is 7.54. The van der Waals surface area contributed by atoms with Crippen molar-refractivity contribution in [3.05, 3.63) is 56.4 Å². The van der Waals surface area contributed by atoms with Crippen molar-refractivity contribution in [2.75, 3.05) is 0 Å². The van der Waals surface area contributed by atoms with E-state index in [1.54, 1.807) is 12.3 Å². The van der Waals surface area contributed by atoms with E-state index >= 15 is 0 Å². The number of quaternary nitrogens is 1. The largest absolute Gasteiger partial charge is 0.275 e. The molecule has 0 bridgehead atoms. The maximum absolute atomic E-state index is 6.21. The van der Waals surface area contributed by atoms with E-state index in [-0.39, 0.29) is 0 Å². The van der Waals surface area contributed by atoms with Crippen LogP contribution in [0.5, 0.6) is 0 Å². The number of nitrogens with one attached hydrogen (secondary N) is 1. The van der Waals surface area contributed by atoms with Gasteiger partial charge in [0.1, 0.15) is 10.7 Å². The minimum atomic E-state index is 0.570. The Morgan fingerprint density at radius 3 is 2.72 bits per heavy atom. The molecule has 1 aromatic carbocycles. The molecular formula is C12H7BrCl2N3+. The molecule has 3 nitrogen and oxygen atoms in total. The number of rotatable bonds is 1. The van der Waals surface area contributed by atoms with Gasteiger partial charge in [-0.2, -0.15) is 4.99 Å². The SMILES string of the molecule is ClC1=CC(c2ccccc2Cl)=NC2=C(Br)C=N[NH+]12. The quantitative estimate of drug-likeness (QED) is 0.760. The van der Waals surface area contributed by atoms with Gasteiger partial charge in [-0.15, -0.1) is 5.01 Å². The number of allylic oxidation sites excluding steroid dienone is 2. The van der Waals surface area contributed by atoms with Crippen molar-refractivity contribution in [2.24, 2.45) is 10.1 Å². The molecular weight excluding hydrogens is 337 g/mol. The van der Waals surface area contributed by atoms with Crippen LogP contribution in [0.3, 0.4) is 0 Å². The molecule has 0 saturated heterocycles. The summed E-state index contributed by atoms with van der Waals surface area (Å²) in [6.07, 6.45) is 3.48. The second kappa shape index (κ2) is 4.63. The topological polar surface area (TPSA) is 29.2 Å². The Hall–Kier alpha value is -0.940. The fourth-order valence-corrected chi connectivity index (χ4v) is 2.64. The standard InChI is InChI=1S/C12H6BrCl2N3/c13-8-6-16-18-11(15)5-10(17-12(8)18)7-3-1-2-4-9(7)14/h1-6H/p+1. The van der Waals surface area contributed by atoms with E-state index in [1.807, 2.05) is 24.3 Å². The Morgan fingerprint density at radius 1 is 1.17 bits per heavy atom. The molecule has 0 spiro atoms. The lowest BCUT2D eigenvalue weighted by Gasteiger charge is -2.14. The van der Waals surface area contributed by atoms with Crippen molar-refractivity contribution in [1.82, 2.24) is 0 Å². The van der Waals surface area contributed by atoms with Crippen LogP contribution < -0.4 is 5.01 Å². The predicted octanol–water partition coefficient (Wildman–Crippen LogP) is 2.67. The minimum Gasteiger partial charge on any atom is -0.192 e. The summed E-state index contributed by atoms with van der Waals surface area (Å²) in [6.45, 7) is 0. The van der Waals surface area contributed by atoms with Gasteiger partial charge >= 0.3 is 0 Å². The van der Waals surface area contributed by atoms with Crippen molar-refractivity contribution in [3.8, 4) is 0 Å². The summed E-state index contributed by atoms with van der Waals surface area (Å²) in [5, 5.41) is 6.11. The lowest BCUT2D eigenvalue weighted by molar-refractivity contribution is -0.817. The maximum Gasteiger partial charge on any atom is 0.275 e. The van der Waals surface area contributed by atoms with Gasteiger partial charge < -0.3 is 0 Å². The lowest BCUT2D eigenvalue weighted by Crippen LogP contribution is -3.02. The monoisotopic (exact) mass is 342 g/mol. The fourth-order valence-electron chi connectivity index (χ4n) is 1.79. The number of nitrogens with zero attached hydrogens (tertiary/aromatic N) is 2. The van der Waals surface area contributed by atoms with Crippen LogP contribution in [0.15, 0.2) is 55.9 Å². The summed E-state index contributed by atoms with van der Waals surface area (Å²) in [7, 11) is 0. The second-order valence-corrected chi connectivity index (χ2v) is 5.44. The lowest BCUT2D eigenvalue weighted by atomic mass is 10.1. The van der Waals surface area contributed by atoms with Crippen molar-refractivity contribution >= 4 is 51.1 Å². The van der Waals surface area contributed by atoms with Gasteiger partial charge in [-0.1, -0.05) is 34.9 Å². The first-order valence-electron chi connectivity index (χ1n) is 5.19.